The summed E-state index contributed by atoms with van der Waals surface area (Å²) in [6.07, 6.45) is -0.695. The first-order valence-corrected chi connectivity index (χ1v) is 12.5. The topological polar surface area (TPSA) is 78.0 Å². The van der Waals surface area contributed by atoms with Gasteiger partial charge in [0, 0.05) is 55.6 Å². The van der Waals surface area contributed by atoms with Gasteiger partial charge in [0.05, 0.1) is 29.6 Å². The number of pyridine rings is 1. The molecule has 203 valence electrons. The summed E-state index contributed by atoms with van der Waals surface area (Å²) < 4.78 is 4.99. The van der Waals surface area contributed by atoms with Gasteiger partial charge in [0.25, 0.3) is 5.91 Å². The van der Waals surface area contributed by atoms with Crippen LogP contribution in [-0.2, 0) is 30.8 Å². The van der Waals surface area contributed by atoms with Gasteiger partial charge in [-0.2, -0.15) is 5.01 Å². The Balaban J connectivity index is 0.00000353. The fourth-order valence-corrected chi connectivity index (χ4v) is 4.71. The number of ether oxygens (including phenoxy) is 1. The second kappa shape index (κ2) is 12.9. The van der Waals surface area contributed by atoms with Crippen LogP contribution < -0.4 is 10.4 Å². The Morgan fingerprint density at radius 1 is 0.923 bits per heavy atom. The molecule has 1 N–H and O–H groups in total. The smallest absolute Gasteiger partial charge is 0.433 e. The van der Waals surface area contributed by atoms with E-state index in [0.29, 0.717) is 28.7 Å². The molecule has 4 aromatic rings. The van der Waals surface area contributed by atoms with E-state index in [2.05, 4.69) is 22.3 Å². The van der Waals surface area contributed by atoms with Crippen LogP contribution >= 0.6 is 0 Å². The molecule has 0 saturated carbocycles. The average Bonchev–Trinajstić information content (AvgIpc) is 2.97. The summed E-state index contributed by atoms with van der Waals surface area (Å²) in [5.41, 5.74) is 6.96. The van der Waals surface area contributed by atoms with E-state index in [1.54, 1.807) is 24.3 Å². The summed E-state index contributed by atoms with van der Waals surface area (Å²) in [4.78, 5) is 36.2. The van der Waals surface area contributed by atoms with E-state index in [1.165, 1.54) is 7.11 Å². The first-order valence-electron chi connectivity index (χ1n) is 12.5. The molecule has 0 spiro atoms. The summed E-state index contributed by atoms with van der Waals surface area (Å²) >= 11 is 0. The van der Waals surface area contributed by atoms with Crippen LogP contribution in [0.5, 0.6) is 0 Å². The third kappa shape index (κ3) is 6.33. The Bertz CT molecular complexity index is 1430. The van der Waals surface area contributed by atoms with Crippen LogP contribution in [0.2, 0.25) is 0 Å². The van der Waals surface area contributed by atoms with Crippen molar-refractivity contribution in [3.63, 3.8) is 0 Å². The molecule has 5 rings (SSSR count). The number of hydrogen-bond acceptors (Lipinski definition) is 6. The summed E-state index contributed by atoms with van der Waals surface area (Å²) in [6, 6.07) is 26.4. The van der Waals surface area contributed by atoms with Gasteiger partial charge in [0.2, 0.25) is 0 Å². The van der Waals surface area contributed by atoms with Crippen molar-refractivity contribution in [1.29, 1.82) is 0 Å². The van der Waals surface area contributed by atoms with Crippen molar-refractivity contribution in [2.24, 2.45) is 0 Å². The largest absolute Gasteiger partial charge is 0.457 e. The van der Waals surface area contributed by atoms with Crippen molar-refractivity contribution in [2.45, 2.75) is 6.54 Å². The van der Waals surface area contributed by atoms with Gasteiger partial charge < -0.3 is 9.64 Å². The average molecular weight is 612 g/mol. The van der Waals surface area contributed by atoms with Gasteiger partial charge in [-0.15, -0.1) is 0 Å². The number of hydrogen-bond donors (Lipinski definition) is 1. The maximum absolute atomic E-state index is 14.1. The molecule has 8 nitrogen and oxygen atoms in total. The standard InChI is InChI=1S/C30H30N5O3.Rh/c1-33-17-19-34(20-18-33)21-25-27(29(36)32-35(30(37)38-2)23-13-7-4-8-14-23)24-15-9-10-16-26(24)31-28(25)22-11-5-3-6-12-22;/h3-16H,1,17-21H2,2H3,(H,32,36);/q-1;. The molecule has 0 bridgehead atoms. The number of nitrogens with one attached hydrogen (secondary N) is 1. The summed E-state index contributed by atoms with van der Waals surface area (Å²) in [7, 11) is 5.34. The normalized spacial score (nSPS) is 13.9. The molecule has 39 heavy (non-hydrogen) atoms. The molecule has 3 aromatic carbocycles. The van der Waals surface area contributed by atoms with E-state index in [-0.39, 0.29) is 19.5 Å². The zero-order valence-electron chi connectivity index (χ0n) is 21.7. The molecule has 0 aliphatic carbocycles. The number of benzene rings is 3. The Kier molecular flexibility index (Phi) is 9.41. The quantitative estimate of drug-likeness (QED) is 0.200. The van der Waals surface area contributed by atoms with Crippen LogP contribution in [-0.4, -0.2) is 60.1 Å². The van der Waals surface area contributed by atoms with E-state index in [1.807, 2.05) is 60.7 Å². The Morgan fingerprint density at radius 3 is 2.21 bits per heavy atom. The minimum atomic E-state index is -0.695. The summed E-state index contributed by atoms with van der Waals surface area (Å²) in [5.74, 6) is -0.416. The Labute approximate surface area is 241 Å². The number of fused-ring (bicyclic) bond motifs is 1. The molecular weight excluding hydrogens is 581 g/mol. The van der Waals surface area contributed by atoms with Crippen molar-refractivity contribution >= 4 is 28.6 Å². The van der Waals surface area contributed by atoms with Gasteiger partial charge in [-0.05, 0) is 31.3 Å². The predicted molar refractivity (Wildman–Crippen MR) is 148 cm³/mol. The number of methoxy groups -OCH3 is 1. The van der Waals surface area contributed by atoms with Gasteiger partial charge in [0.1, 0.15) is 0 Å². The second-order valence-electron chi connectivity index (χ2n) is 9.17. The fraction of sp³-hybridized carbons (Fsp3) is 0.200. The van der Waals surface area contributed by atoms with Gasteiger partial charge >= 0.3 is 6.09 Å². The van der Waals surface area contributed by atoms with Gasteiger partial charge in [-0.25, -0.2) is 9.78 Å². The number of aromatic nitrogens is 1. The molecule has 1 aliphatic rings. The fourth-order valence-electron chi connectivity index (χ4n) is 4.71. The van der Waals surface area contributed by atoms with Crippen molar-refractivity contribution in [2.75, 3.05) is 38.3 Å². The summed E-state index contributed by atoms with van der Waals surface area (Å²) in [5, 5.41) is 1.85. The molecule has 9 heteroatoms. The minimum absolute atomic E-state index is 0. The SMILES string of the molecule is [CH2-]N1CCN(Cc2c(-c3ccccc3)nc3ccccc3c2C(=O)NN(C(=O)OC)c2ccccc2)CC1.[Rh]. The van der Waals surface area contributed by atoms with Crippen LogP contribution in [0.15, 0.2) is 84.9 Å². The van der Waals surface area contributed by atoms with Gasteiger partial charge in [0.15, 0.2) is 0 Å². The van der Waals surface area contributed by atoms with E-state index in [9.17, 15) is 9.59 Å². The first kappa shape index (κ1) is 28.4. The number of carbonyl (C=O) groups excluding carboxylic acids is 2. The molecule has 0 unspecified atom stereocenters. The molecule has 2 heterocycles. The number of rotatable bonds is 5. The third-order valence-electron chi connectivity index (χ3n) is 6.70. The van der Waals surface area contributed by atoms with Crippen LogP contribution in [0, 0.1) is 7.05 Å². The first-order chi connectivity index (χ1) is 18.5. The van der Waals surface area contributed by atoms with Crippen LogP contribution in [0.25, 0.3) is 22.2 Å². The molecule has 1 aliphatic heterocycles. The van der Waals surface area contributed by atoms with Crippen molar-refractivity contribution in [1.82, 2.24) is 20.2 Å². The number of carbonyl (C=O) groups is 2. The van der Waals surface area contributed by atoms with Crippen LogP contribution in [0.1, 0.15) is 15.9 Å². The number of para-hydroxylation sites is 2. The number of hydrazine groups is 1. The Hall–Kier alpha value is -3.65. The molecule has 1 aromatic heterocycles. The van der Waals surface area contributed by atoms with E-state index in [4.69, 9.17) is 9.72 Å². The van der Waals surface area contributed by atoms with E-state index in [0.717, 1.165) is 48.0 Å². The number of amides is 2. The predicted octanol–water partition coefficient (Wildman–Crippen LogP) is 4.73. The van der Waals surface area contributed by atoms with Crippen molar-refractivity contribution in [3.05, 3.63) is 103 Å². The van der Waals surface area contributed by atoms with Crippen molar-refractivity contribution < 1.29 is 33.8 Å². The molecule has 1 fully saturated rings. The number of anilines is 1. The third-order valence-corrected chi connectivity index (χ3v) is 6.70. The zero-order valence-corrected chi connectivity index (χ0v) is 23.3. The van der Waals surface area contributed by atoms with Crippen molar-refractivity contribution in [3.8, 4) is 11.3 Å². The molecule has 2 amide bonds. The monoisotopic (exact) mass is 611 g/mol. The maximum atomic E-state index is 14.1. The minimum Gasteiger partial charge on any atom is -0.457 e. The molecule has 0 atom stereocenters. The molecular formula is C30H30N5O3Rh-. The molecule has 1 radical (unpaired) electrons. The number of piperazine rings is 1. The van der Waals surface area contributed by atoms with E-state index >= 15 is 0 Å². The Morgan fingerprint density at radius 2 is 1.54 bits per heavy atom. The van der Waals surface area contributed by atoms with Crippen LogP contribution in [0.4, 0.5) is 10.5 Å². The van der Waals surface area contributed by atoms with Gasteiger partial charge in [-0.1, -0.05) is 66.7 Å². The summed E-state index contributed by atoms with van der Waals surface area (Å²) in [6.45, 7) is 3.86. The second-order valence-corrected chi connectivity index (χ2v) is 9.17. The molecule has 1 saturated heterocycles. The van der Waals surface area contributed by atoms with Gasteiger partial charge in [-0.3, -0.25) is 22.2 Å². The zero-order chi connectivity index (χ0) is 26.5. The number of nitrogens with zero attached hydrogens (tertiary/aromatic N) is 4. The van der Waals surface area contributed by atoms with Crippen LogP contribution in [0.3, 0.4) is 0 Å². The maximum Gasteiger partial charge on any atom is 0.433 e. The van der Waals surface area contributed by atoms with E-state index < -0.39 is 12.0 Å².